The number of hydrogen-bond acceptors (Lipinski definition) is 3. The standard InChI is InChI=1S/C20H24N2O3/c23-18(17-9-12-21-13-17)15-5-7-16(8-6-15)19(24)22-14-20(25)10-3-1-2-4-11-20/h5-9,12-13,21,25H,1-4,10-11,14H2,(H,22,24). The number of aromatic nitrogens is 1. The number of carbonyl (C=O) groups is 2. The van der Waals surface area contributed by atoms with Crippen LogP contribution < -0.4 is 5.32 Å². The predicted molar refractivity (Wildman–Crippen MR) is 95.7 cm³/mol. The second-order valence-corrected chi connectivity index (χ2v) is 6.83. The Morgan fingerprint density at radius 2 is 1.60 bits per heavy atom. The fourth-order valence-corrected chi connectivity index (χ4v) is 3.32. The fraction of sp³-hybridized carbons (Fsp3) is 0.400. The van der Waals surface area contributed by atoms with E-state index in [1.165, 1.54) is 0 Å². The molecule has 0 saturated heterocycles. The second-order valence-electron chi connectivity index (χ2n) is 6.83. The summed E-state index contributed by atoms with van der Waals surface area (Å²) in [6.07, 6.45) is 9.11. The van der Waals surface area contributed by atoms with Gasteiger partial charge in [-0.15, -0.1) is 0 Å². The molecular weight excluding hydrogens is 316 g/mol. The molecule has 2 aromatic rings. The van der Waals surface area contributed by atoms with Gasteiger partial charge in [0.25, 0.3) is 5.91 Å². The van der Waals surface area contributed by atoms with Crippen molar-refractivity contribution >= 4 is 11.7 Å². The van der Waals surface area contributed by atoms with Gasteiger partial charge in [0.2, 0.25) is 0 Å². The molecule has 3 N–H and O–H groups in total. The minimum Gasteiger partial charge on any atom is -0.388 e. The number of H-pyrrole nitrogens is 1. The van der Waals surface area contributed by atoms with Crippen molar-refractivity contribution in [1.29, 1.82) is 0 Å². The number of aliphatic hydroxyl groups is 1. The molecule has 1 fully saturated rings. The molecule has 25 heavy (non-hydrogen) atoms. The van der Waals surface area contributed by atoms with Crippen molar-refractivity contribution in [3.8, 4) is 0 Å². The molecule has 0 atom stereocenters. The molecule has 1 amide bonds. The molecule has 5 nitrogen and oxygen atoms in total. The fourth-order valence-electron chi connectivity index (χ4n) is 3.32. The van der Waals surface area contributed by atoms with Gasteiger partial charge >= 0.3 is 0 Å². The lowest BCUT2D eigenvalue weighted by molar-refractivity contribution is 0.0246. The first kappa shape index (κ1) is 17.4. The third kappa shape index (κ3) is 4.37. The van der Waals surface area contributed by atoms with E-state index in [4.69, 9.17) is 0 Å². The lowest BCUT2D eigenvalue weighted by Gasteiger charge is -2.26. The van der Waals surface area contributed by atoms with Crippen molar-refractivity contribution in [3.05, 3.63) is 59.4 Å². The smallest absolute Gasteiger partial charge is 0.251 e. The van der Waals surface area contributed by atoms with E-state index in [-0.39, 0.29) is 18.2 Å². The molecule has 3 rings (SSSR count). The van der Waals surface area contributed by atoms with Gasteiger partial charge in [0.1, 0.15) is 0 Å². The van der Waals surface area contributed by atoms with Crippen molar-refractivity contribution < 1.29 is 14.7 Å². The first-order chi connectivity index (χ1) is 12.1. The zero-order chi connectivity index (χ0) is 17.7. The van der Waals surface area contributed by atoms with Gasteiger partial charge in [-0.25, -0.2) is 0 Å². The van der Waals surface area contributed by atoms with Crippen LogP contribution in [0.3, 0.4) is 0 Å². The van der Waals surface area contributed by atoms with Gasteiger partial charge in [0.15, 0.2) is 5.78 Å². The molecule has 1 heterocycles. The van der Waals surface area contributed by atoms with Crippen molar-refractivity contribution in [1.82, 2.24) is 10.3 Å². The number of nitrogens with one attached hydrogen (secondary N) is 2. The molecular formula is C20H24N2O3. The van der Waals surface area contributed by atoms with Crippen LogP contribution in [0.2, 0.25) is 0 Å². The Bertz CT molecular complexity index is 712. The molecule has 1 aromatic carbocycles. The summed E-state index contributed by atoms with van der Waals surface area (Å²) in [6, 6.07) is 8.32. The minimum atomic E-state index is -0.795. The van der Waals surface area contributed by atoms with Crippen LogP contribution in [0.5, 0.6) is 0 Å². The van der Waals surface area contributed by atoms with Gasteiger partial charge in [0.05, 0.1) is 5.60 Å². The van der Waals surface area contributed by atoms with Gasteiger partial charge in [0, 0.05) is 35.6 Å². The third-order valence-electron chi connectivity index (χ3n) is 4.88. The molecule has 0 spiro atoms. The number of aromatic amines is 1. The highest BCUT2D eigenvalue weighted by molar-refractivity contribution is 6.09. The van der Waals surface area contributed by atoms with Gasteiger partial charge in [-0.1, -0.05) is 37.8 Å². The summed E-state index contributed by atoms with van der Waals surface area (Å²) in [5, 5.41) is 13.4. The SMILES string of the molecule is O=C(NCC1(O)CCCCCC1)c1ccc(C(=O)c2cc[nH]c2)cc1. The Morgan fingerprint density at radius 1 is 0.960 bits per heavy atom. The molecule has 0 aliphatic heterocycles. The van der Waals surface area contributed by atoms with Gasteiger partial charge < -0.3 is 15.4 Å². The monoisotopic (exact) mass is 340 g/mol. The predicted octanol–water partition coefficient (Wildman–Crippen LogP) is 3.06. The Balaban J connectivity index is 1.60. The van der Waals surface area contributed by atoms with E-state index in [9.17, 15) is 14.7 Å². The Kier molecular flexibility index (Phi) is 5.34. The van der Waals surface area contributed by atoms with Crippen LogP contribution >= 0.6 is 0 Å². The second kappa shape index (κ2) is 7.66. The van der Waals surface area contributed by atoms with Gasteiger partial charge in [-0.3, -0.25) is 9.59 Å². The quantitative estimate of drug-likeness (QED) is 0.578. The van der Waals surface area contributed by atoms with Crippen molar-refractivity contribution in [2.24, 2.45) is 0 Å². The van der Waals surface area contributed by atoms with Crippen LogP contribution in [-0.4, -0.2) is 33.9 Å². The summed E-state index contributed by atoms with van der Waals surface area (Å²) < 4.78 is 0. The van der Waals surface area contributed by atoms with Crippen LogP contribution in [0.1, 0.15) is 64.8 Å². The minimum absolute atomic E-state index is 0.0824. The maximum atomic E-state index is 12.3. The van der Waals surface area contributed by atoms with E-state index < -0.39 is 5.60 Å². The zero-order valence-electron chi connectivity index (χ0n) is 14.3. The summed E-state index contributed by atoms with van der Waals surface area (Å²) in [4.78, 5) is 27.4. The average molecular weight is 340 g/mol. The lowest BCUT2D eigenvalue weighted by Crippen LogP contribution is -2.42. The number of rotatable bonds is 5. The summed E-state index contributed by atoms with van der Waals surface area (Å²) in [5.74, 6) is -0.306. The lowest BCUT2D eigenvalue weighted by atomic mass is 9.94. The van der Waals surface area contributed by atoms with Crippen molar-refractivity contribution in [2.75, 3.05) is 6.54 Å². The highest BCUT2D eigenvalue weighted by atomic mass is 16.3. The molecule has 0 bridgehead atoms. The Hall–Kier alpha value is -2.40. The molecule has 0 unspecified atom stereocenters. The number of benzene rings is 1. The summed E-state index contributed by atoms with van der Waals surface area (Å²) in [6.45, 7) is 0.274. The van der Waals surface area contributed by atoms with Crippen LogP contribution in [0.25, 0.3) is 0 Å². The van der Waals surface area contributed by atoms with Crippen molar-refractivity contribution in [2.45, 2.75) is 44.1 Å². The Morgan fingerprint density at radius 3 is 2.20 bits per heavy atom. The molecule has 132 valence electrons. The summed E-state index contributed by atoms with van der Waals surface area (Å²) in [7, 11) is 0. The summed E-state index contributed by atoms with van der Waals surface area (Å²) >= 11 is 0. The average Bonchev–Trinajstić information content (AvgIpc) is 3.08. The van der Waals surface area contributed by atoms with E-state index in [0.717, 1.165) is 38.5 Å². The van der Waals surface area contributed by atoms with E-state index in [2.05, 4.69) is 10.3 Å². The number of hydrogen-bond donors (Lipinski definition) is 3. The van der Waals surface area contributed by atoms with E-state index in [1.807, 2.05) is 0 Å². The van der Waals surface area contributed by atoms with Crippen LogP contribution in [0.4, 0.5) is 0 Å². The zero-order valence-corrected chi connectivity index (χ0v) is 14.3. The third-order valence-corrected chi connectivity index (χ3v) is 4.88. The molecule has 1 saturated carbocycles. The van der Waals surface area contributed by atoms with E-state index in [0.29, 0.717) is 16.7 Å². The van der Waals surface area contributed by atoms with Crippen molar-refractivity contribution in [3.63, 3.8) is 0 Å². The maximum Gasteiger partial charge on any atom is 0.251 e. The number of ketones is 1. The molecule has 5 heteroatoms. The topological polar surface area (TPSA) is 82.2 Å². The van der Waals surface area contributed by atoms with E-state index >= 15 is 0 Å². The maximum absolute atomic E-state index is 12.3. The van der Waals surface area contributed by atoms with Crippen LogP contribution in [-0.2, 0) is 0 Å². The molecule has 1 aromatic heterocycles. The largest absolute Gasteiger partial charge is 0.388 e. The number of carbonyl (C=O) groups excluding carboxylic acids is 2. The van der Waals surface area contributed by atoms with Gasteiger partial charge in [-0.05, 0) is 31.0 Å². The van der Waals surface area contributed by atoms with Gasteiger partial charge in [-0.2, -0.15) is 0 Å². The first-order valence-electron chi connectivity index (χ1n) is 8.86. The Labute approximate surface area is 147 Å². The first-order valence-corrected chi connectivity index (χ1v) is 8.86. The molecule has 0 radical (unpaired) electrons. The van der Waals surface area contributed by atoms with Crippen LogP contribution in [0.15, 0.2) is 42.7 Å². The van der Waals surface area contributed by atoms with Crippen LogP contribution in [0, 0.1) is 0 Å². The molecule has 1 aliphatic rings. The highest BCUT2D eigenvalue weighted by Gasteiger charge is 2.28. The normalized spacial score (nSPS) is 16.8. The summed E-state index contributed by atoms with van der Waals surface area (Å²) in [5.41, 5.74) is 0.824. The highest BCUT2D eigenvalue weighted by Crippen LogP contribution is 2.26. The molecule has 1 aliphatic carbocycles. The number of amides is 1. The van der Waals surface area contributed by atoms with E-state index in [1.54, 1.807) is 42.7 Å².